The van der Waals surface area contributed by atoms with E-state index in [-0.39, 0.29) is 18.7 Å². The molecule has 240 valence electrons. The maximum atomic E-state index is 12.8. The fraction of sp³-hybridized carbons (Fsp3) is 0.900. The van der Waals surface area contributed by atoms with Crippen molar-refractivity contribution in [1.29, 1.82) is 0 Å². The number of esters is 1. The number of aliphatic hydroxyl groups is 4. The Labute approximate surface area is 245 Å². The Morgan fingerprint density at radius 3 is 1.73 bits per heavy atom. The van der Waals surface area contributed by atoms with Crippen molar-refractivity contribution in [2.75, 3.05) is 20.3 Å². The predicted molar refractivity (Wildman–Crippen MR) is 155 cm³/mol. The summed E-state index contributed by atoms with van der Waals surface area (Å²) in [4.78, 5) is 36.8. The molecule has 11 heteroatoms. The minimum Gasteiger partial charge on any atom is -0.468 e. The van der Waals surface area contributed by atoms with E-state index in [1.165, 1.54) is 77.7 Å². The number of nitrogens with one attached hydrogen (secondary N) is 2. The Kier molecular flexibility index (Phi) is 20.7. The van der Waals surface area contributed by atoms with Crippen LogP contribution in [0, 0.1) is 0 Å². The number of amides is 2. The van der Waals surface area contributed by atoms with Crippen LogP contribution in [-0.2, 0) is 23.9 Å². The van der Waals surface area contributed by atoms with Gasteiger partial charge in [-0.25, -0.2) is 0 Å². The van der Waals surface area contributed by atoms with E-state index in [9.17, 15) is 34.8 Å². The third kappa shape index (κ3) is 15.9. The summed E-state index contributed by atoms with van der Waals surface area (Å²) < 4.78 is 10.0. The van der Waals surface area contributed by atoms with Gasteiger partial charge in [0.05, 0.1) is 19.8 Å². The zero-order valence-corrected chi connectivity index (χ0v) is 25.2. The first-order chi connectivity index (χ1) is 19.7. The SMILES string of the molecule is CCCCCCCCCCCCCCCCCC(=O)NC(C[C@@H]1O[C@H](CO)[C@H](O)[C@H](O)[C@H]1O)C(=O)NCC(=O)OC. The molecule has 1 rings (SSSR count). The van der Waals surface area contributed by atoms with Crippen molar-refractivity contribution >= 4 is 17.8 Å². The lowest BCUT2D eigenvalue weighted by Gasteiger charge is -2.41. The lowest BCUT2D eigenvalue weighted by Crippen LogP contribution is -2.60. The predicted octanol–water partition coefficient (Wildman–Crippen LogP) is 2.25. The van der Waals surface area contributed by atoms with Gasteiger partial charge in [0.1, 0.15) is 37.0 Å². The van der Waals surface area contributed by atoms with Gasteiger partial charge in [0.2, 0.25) is 11.8 Å². The van der Waals surface area contributed by atoms with Crippen molar-refractivity contribution in [3.63, 3.8) is 0 Å². The Hall–Kier alpha value is -1.79. The largest absolute Gasteiger partial charge is 0.468 e. The van der Waals surface area contributed by atoms with Crippen molar-refractivity contribution in [3.8, 4) is 0 Å². The van der Waals surface area contributed by atoms with Gasteiger partial charge in [-0.15, -0.1) is 0 Å². The first-order valence-electron chi connectivity index (χ1n) is 15.7. The first-order valence-corrected chi connectivity index (χ1v) is 15.7. The summed E-state index contributed by atoms with van der Waals surface area (Å²) >= 11 is 0. The van der Waals surface area contributed by atoms with E-state index in [0.717, 1.165) is 19.3 Å². The Morgan fingerprint density at radius 2 is 1.24 bits per heavy atom. The number of methoxy groups -OCH3 is 1. The van der Waals surface area contributed by atoms with Crippen LogP contribution in [0.2, 0.25) is 0 Å². The van der Waals surface area contributed by atoms with Crippen LogP contribution in [0.3, 0.4) is 0 Å². The maximum Gasteiger partial charge on any atom is 0.325 e. The molecule has 0 bridgehead atoms. The third-order valence-corrected chi connectivity index (χ3v) is 7.75. The number of ether oxygens (including phenoxy) is 2. The van der Waals surface area contributed by atoms with Crippen LogP contribution in [0.1, 0.15) is 116 Å². The molecule has 6 N–H and O–H groups in total. The number of carbonyl (C=O) groups excluding carboxylic acids is 3. The maximum absolute atomic E-state index is 12.8. The molecule has 1 unspecified atom stereocenters. The van der Waals surface area contributed by atoms with E-state index >= 15 is 0 Å². The smallest absolute Gasteiger partial charge is 0.325 e. The van der Waals surface area contributed by atoms with Crippen molar-refractivity contribution in [2.24, 2.45) is 0 Å². The van der Waals surface area contributed by atoms with Crippen LogP contribution in [0.4, 0.5) is 0 Å². The third-order valence-electron chi connectivity index (χ3n) is 7.75. The van der Waals surface area contributed by atoms with Crippen LogP contribution in [0.5, 0.6) is 0 Å². The van der Waals surface area contributed by atoms with E-state index in [1.807, 2.05) is 0 Å². The molecule has 0 aromatic heterocycles. The Balaban J connectivity index is 2.36. The number of unbranched alkanes of at least 4 members (excludes halogenated alkanes) is 14. The summed E-state index contributed by atoms with van der Waals surface area (Å²) in [5.74, 6) is -1.71. The molecule has 11 nitrogen and oxygen atoms in total. The quantitative estimate of drug-likeness (QED) is 0.0773. The molecule has 1 heterocycles. The van der Waals surface area contributed by atoms with Gasteiger partial charge < -0.3 is 40.5 Å². The molecule has 1 saturated heterocycles. The van der Waals surface area contributed by atoms with E-state index in [4.69, 9.17) is 4.74 Å². The zero-order chi connectivity index (χ0) is 30.5. The monoisotopic (exact) mass is 588 g/mol. The molecule has 0 aromatic rings. The number of aliphatic hydroxyl groups excluding tert-OH is 4. The summed E-state index contributed by atoms with van der Waals surface area (Å²) in [5.41, 5.74) is 0. The molecule has 0 saturated carbocycles. The number of hydrogen-bond acceptors (Lipinski definition) is 9. The Bertz CT molecular complexity index is 722. The molecule has 1 aliphatic heterocycles. The normalized spacial score (nSPS) is 23.1. The average molecular weight is 589 g/mol. The number of rotatable bonds is 23. The highest BCUT2D eigenvalue weighted by atomic mass is 16.5. The summed E-state index contributed by atoms with van der Waals surface area (Å²) in [6.07, 6.45) is 11.2. The van der Waals surface area contributed by atoms with E-state index < -0.39 is 61.6 Å². The van der Waals surface area contributed by atoms with Crippen molar-refractivity contribution in [3.05, 3.63) is 0 Å². The highest BCUT2D eigenvalue weighted by molar-refractivity contribution is 5.89. The molecular weight excluding hydrogens is 532 g/mol. The van der Waals surface area contributed by atoms with Gasteiger partial charge in [-0.3, -0.25) is 14.4 Å². The van der Waals surface area contributed by atoms with Crippen LogP contribution in [0.15, 0.2) is 0 Å². The minimum atomic E-state index is -1.60. The van der Waals surface area contributed by atoms with E-state index in [1.54, 1.807) is 0 Å². The van der Waals surface area contributed by atoms with Gasteiger partial charge in [-0.2, -0.15) is 0 Å². The van der Waals surface area contributed by atoms with Crippen LogP contribution >= 0.6 is 0 Å². The Morgan fingerprint density at radius 1 is 0.756 bits per heavy atom. The summed E-state index contributed by atoms with van der Waals surface area (Å²) in [5, 5.41) is 44.9. The standard InChI is InChI=1S/C30H56N2O9/c1-3-4-5-6-7-8-9-10-11-12-13-14-15-16-17-18-25(34)32-22(30(39)31-20-26(35)40-2)19-23-27(36)29(38)28(37)24(21-33)41-23/h22-24,27-29,33,36-38H,3-21H2,1-2H3,(H,31,39)(H,32,34)/t22?,23-,24+,27-,28-,29+/m0/s1. The molecule has 6 atom stereocenters. The van der Waals surface area contributed by atoms with Gasteiger partial charge in [0, 0.05) is 12.8 Å². The second-order valence-corrected chi connectivity index (χ2v) is 11.2. The van der Waals surface area contributed by atoms with Crippen molar-refractivity contribution in [2.45, 2.75) is 153 Å². The van der Waals surface area contributed by atoms with Crippen LogP contribution < -0.4 is 10.6 Å². The average Bonchev–Trinajstić information content (AvgIpc) is 2.97. The second-order valence-electron chi connectivity index (χ2n) is 11.2. The highest BCUT2D eigenvalue weighted by Crippen LogP contribution is 2.24. The lowest BCUT2D eigenvalue weighted by atomic mass is 9.91. The molecule has 0 spiro atoms. The zero-order valence-electron chi connectivity index (χ0n) is 25.2. The molecule has 1 aliphatic rings. The molecular formula is C30H56N2O9. The van der Waals surface area contributed by atoms with Gasteiger partial charge in [-0.1, -0.05) is 96.8 Å². The van der Waals surface area contributed by atoms with Gasteiger partial charge in [0.25, 0.3) is 0 Å². The van der Waals surface area contributed by atoms with Gasteiger partial charge >= 0.3 is 5.97 Å². The molecule has 0 aliphatic carbocycles. The summed E-state index contributed by atoms with van der Waals surface area (Å²) in [7, 11) is 1.18. The van der Waals surface area contributed by atoms with Crippen molar-refractivity contribution < 1.29 is 44.3 Å². The summed E-state index contributed by atoms with van der Waals surface area (Å²) in [6, 6.07) is -1.18. The van der Waals surface area contributed by atoms with Gasteiger partial charge in [0.15, 0.2) is 0 Å². The van der Waals surface area contributed by atoms with Crippen molar-refractivity contribution in [1.82, 2.24) is 10.6 Å². The summed E-state index contributed by atoms with van der Waals surface area (Å²) in [6.45, 7) is 1.23. The fourth-order valence-corrected chi connectivity index (χ4v) is 5.12. The molecule has 41 heavy (non-hydrogen) atoms. The lowest BCUT2D eigenvalue weighted by molar-refractivity contribution is -0.231. The minimum absolute atomic E-state index is 0.216. The number of hydrogen-bond donors (Lipinski definition) is 6. The molecule has 1 fully saturated rings. The second kappa shape index (κ2) is 22.8. The highest BCUT2D eigenvalue weighted by Gasteiger charge is 2.44. The van der Waals surface area contributed by atoms with Crippen LogP contribution in [-0.4, -0.2) is 95.0 Å². The molecule has 0 radical (unpaired) electrons. The molecule has 2 amide bonds. The first kappa shape index (κ1) is 37.2. The number of carbonyl (C=O) groups is 3. The van der Waals surface area contributed by atoms with E-state index in [0.29, 0.717) is 6.42 Å². The van der Waals surface area contributed by atoms with Gasteiger partial charge in [-0.05, 0) is 6.42 Å². The topological polar surface area (TPSA) is 175 Å². The van der Waals surface area contributed by atoms with Crippen LogP contribution in [0.25, 0.3) is 0 Å². The van der Waals surface area contributed by atoms with E-state index in [2.05, 4.69) is 22.3 Å². The fourth-order valence-electron chi connectivity index (χ4n) is 5.12. The molecule has 0 aromatic carbocycles.